The van der Waals surface area contributed by atoms with Gasteiger partial charge in [-0.2, -0.15) is 0 Å². The van der Waals surface area contributed by atoms with Crippen LogP contribution in [-0.4, -0.2) is 65.5 Å². The van der Waals surface area contributed by atoms with E-state index in [1.54, 1.807) is 17.2 Å². The quantitative estimate of drug-likeness (QED) is 0.659. The molecule has 2 fully saturated rings. The van der Waals surface area contributed by atoms with Crippen LogP contribution in [0.5, 0.6) is 5.88 Å². The summed E-state index contributed by atoms with van der Waals surface area (Å²) in [4.78, 5) is 33.9. The molecule has 3 amide bonds. The van der Waals surface area contributed by atoms with Crippen LogP contribution in [0.4, 0.5) is 19.3 Å². The molecule has 0 N–H and O–H groups in total. The molecule has 4 rings (SSSR count). The first-order chi connectivity index (χ1) is 14.4. The van der Waals surface area contributed by atoms with Gasteiger partial charge >= 0.3 is 6.03 Å². The molecule has 2 aliphatic heterocycles. The van der Waals surface area contributed by atoms with E-state index >= 15 is 0 Å². The number of carbonyl (C=O) groups excluding carboxylic acids is 2. The van der Waals surface area contributed by atoms with E-state index in [9.17, 15) is 18.4 Å². The number of benzene rings is 1. The molecule has 0 aliphatic carbocycles. The van der Waals surface area contributed by atoms with E-state index in [0.29, 0.717) is 38.5 Å². The predicted molar refractivity (Wildman–Crippen MR) is 108 cm³/mol. The number of halogens is 3. The molecule has 1 aromatic heterocycles. The van der Waals surface area contributed by atoms with Crippen LogP contribution in [0.15, 0.2) is 41.0 Å². The Labute approximate surface area is 180 Å². The molecule has 1 unspecified atom stereocenters. The molecule has 1 aromatic carbocycles. The van der Waals surface area contributed by atoms with Gasteiger partial charge in [0.15, 0.2) is 11.6 Å². The van der Waals surface area contributed by atoms with Crippen LogP contribution in [-0.2, 0) is 4.79 Å². The first-order valence-corrected chi connectivity index (χ1v) is 10.3. The minimum Gasteiger partial charge on any atom is -0.472 e. The first kappa shape index (κ1) is 20.5. The Kier molecular flexibility index (Phi) is 5.85. The standard InChI is InChI=1S/C20H19BrF2N4O3/c21-15-2-1-6-24-19(15)30-14-5-7-25(11-14)18(28)12-26-8-9-27(20(26)29)13-3-4-16(22)17(23)10-13/h1-4,6,10,14H,5,7-9,11-12H2. The molecule has 158 valence electrons. The van der Waals surface area contributed by atoms with E-state index in [0.717, 1.165) is 16.6 Å². The van der Waals surface area contributed by atoms with Crippen LogP contribution in [0, 0.1) is 11.6 Å². The zero-order valence-corrected chi connectivity index (χ0v) is 17.5. The number of amides is 3. The van der Waals surface area contributed by atoms with Crippen molar-refractivity contribution in [2.24, 2.45) is 0 Å². The monoisotopic (exact) mass is 480 g/mol. The van der Waals surface area contributed by atoms with Crippen molar-refractivity contribution in [2.75, 3.05) is 37.6 Å². The van der Waals surface area contributed by atoms with Crippen molar-refractivity contribution in [1.82, 2.24) is 14.8 Å². The normalized spacial score (nSPS) is 19.0. The van der Waals surface area contributed by atoms with Gasteiger partial charge in [0, 0.05) is 44.0 Å². The average molecular weight is 481 g/mol. The molecule has 30 heavy (non-hydrogen) atoms. The van der Waals surface area contributed by atoms with Gasteiger partial charge in [-0.05, 0) is 40.2 Å². The van der Waals surface area contributed by atoms with Crippen LogP contribution in [0.3, 0.4) is 0 Å². The van der Waals surface area contributed by atoms with E-state index in [4.69, 9.17) is 4.74 Å². The van der Waals surface area contributed by atoms with Crippen molar-refractivity contribution in [2.45, 2.75) is 12.5 Å². The number of likely N-dealkylation sites (tertiary alicyclic amines) is 1. The lowest BCUT2D eigenvalue weighted by atomic mass is 10.3. The summed E-state index contributed by atoms with van der Waals surface area (Å²) in [6, 6.07) is 6.53. The van der Waals surface area contributed by atoms with Crippen molar-refractivity contribution in [3.63, 3.8) is 0 Å². The van der Waals surface area contributed by atoms with E-state index in [1.165, 1.54) is 15.9 Å². The molecule has 3 heterocycles. The number of pyridine rings is 1. The molecular formula is C20H19BrF2N4O3. The predicted octanol–water partition coefficient (Wildman–Crippen LogP) is 3.04. The summed E-state index contributed by atoms with van der Waals surface area (Å²) >= 11 is 3.38. The highest BCUT2D eigenvalue weighted by molar-refractivity contribution is 9.10. The van der Waals surface area contributed by atoms with Crippen molar-refractivity contribution < 1.29 is 23.1 Å². The van der Waals surface area contributed by atoms with Crippen molar-refractivity contribution in [1.29, 1.82) is 0 Å². The highest BCUT2D eigenvalue weighted by Gasteiger charge is 2.34. The molecule has 0 spiro atoms. The molecule has 0 saturated carbocycles. The number of carbonyl (C=O) groups is 2. The Morgan fingerprint density at radius 2 is 2.03 bits per heavy atom. The molecular weight excluding hydrogens is 462 g/mol. The Balaban J connectivity index is 1.32. The second-order valence-corrected chi connectivity index (χ2v) is 7.97. The van der Waals surface area contributed by atoms with Gasteiger partial charge in [0.25, 0.3) is 0 Å². The van der Waals surface area contributed by atoms with Crippen molar-refractivity contribution in [3.05, 3.63) is 52.6 Å². The van der Waals surface area contributed by atoms with Crippen LogP contribution in [0.25, 0.3) is 0 Å². The molecule has 2 saturated heterocycles. The zero-order valence-electron chi connectivity index (χ0n) is 15.9. The molecule has 10 heteroatoms. The average Bonchev–Trinajstić information content (AvgIpc) is 3.33. The fourth-order valence-corrected chi connectivity index (χ4v) is 3.90. The number of rotatable bonds is 5. The van der Waals surface area contributed by atoms with Crippen LogP contribution in [0.2, 0.25) is 0 Å². The third kappa shape index (κ3) is 4.23. The summed E-state index contributed by atoms with van der Waals surface area (Å²) in [6.45, 7) is 1.51. The van der Waals surface area contributed by atoms with Gasteiger partial charge in [-0.25, -0.2) is 18.6 Å². The molecule has 0 bridgehead atoms. The smallest absolute Gasteiger partial charge is 0.325 e. The first-order valence-electron chi connectivity index (χ1n) is 9.49. The highest BCUT2D eigenvalue weighted by atomic mass is 79.9. The summed E-state index contributed by atoms with van der Waals surface area (Å²) in [5, 5.41) is 0. The van der Waals surface area contributed by atoms with Gasteiger partial charge in [0.2, 0.25) is 11.8 Å². The Hall–Kier alpha value is -2.75. The van der Waals surface area contributed by atoms with Gasteiger partial charge in [-0.15, -0.1) is 0 Å². The number of hydrogen-bond acceptors (Lipinski definition) is 4. The van der Waals surface area contributed by atoms with Crippen LogP contribution in [0.1, 0.15) is 6.42 Å². The van der Waals surface area contributed by atoms with Crippen LogP contribution >= 0.6 is 15.9 Å². The number of hydrogen-bond donors (Lipinski definition) is 0. The molecule has 1 atom stereocenters. The zero-order chi connectivity index (χ0) is 21.3. The maximum atomic E-state index is 13.5. The maximum Gasteiger partial charge on any atom is 0.325 e. The number of anilines is 1. The SMILES string of the molecule is O=C(CN1CCN(c2ccc(F)c(F)c2)C1=O)N1CCC(Oc2ncccc2Br)C1. The summed E-state index contributed by atoms with van der Waals surface area (Å²) in [5.41, 5.74) is 0.268. The second-order valence-electron chi connectivity index (χ2n) is 7.11. The van der Waals surface area contributed by atoms with Crippen molar-refractivity contribution >= 4 is 33.6 Å². The Morgan fingerprint density at radius 3 is 2.80 bits per heavy atom. The highest BCUT2D eigenvalue weighted by Crippen LogP contribution is 2.25. The lowest BCUT2D eigenvalue weighted by Gasteiger charge is -2.22. The fourth-order valence-electron chi connectivity index (χ4n) is 3.55. The lowest BCUT2D eigenvalue weighted by Crippen LogP contribution is -2.42. The largest absolute Gasteiger partial charge is 0.472 e. The minimum atomic E-state index is -1.02. The fraction of sp³-hybridized carbons (Fsp3) is 0.350. The van der Waals surface area contributed by atoms with Gasteiger partial charge in [0.05, 0.1) is 11.0 Å². The van der Waals surface area contributed by atoms with E-state index in [2.05, 4.69) is 20.9 Å². The third-order valence-electron chi connectivity index (χ3n) is 5.14. The molecule has 2 aliphatic rings. The van der Waals surface area contributed by atoms with Crippen LogP contribution < -0.4 is 9.64 Å². The van der Waals surface area contributed by atoms with E-state index in [1.807, 2.05) is 6.07 Å². The number of ether oxygens (including phenoxy) is 1. The summed E-state index contributed by atoms with van der Waals surface area (Å²) in [7, 11) is 0. The number of urea groups is 1. The molecule has 2 aromatic rings. The van der Waals surface area contributed by atoms with E-state index < -0.39 is 17.7 Å². The lowest BCUT2D eigenvalue weighted by molar-refractivity contribution is -0.130. The summed E-state index contributed by atoms with van der Waals surface area (Å²) in [6.07, 6.45) is 2.13. The third-order valence-corrected chi connectivity index (χ3v) is 5.74. The minimum absolute atomic E-state index is 0.0704. The number of nitrogens with zero attached hydrogens (tertiary/aromatic N) is 4. The van der Waals surface area contributed by atoms with Gasteiger partial charge in [-0.3, -0.25) is 9.69 Å². The van der Waals surface area contributed by atoms with Crippen molar-refractivity contribution in [3.8, 4) is 5.88 Å². The Morgan fingerprint density at radius 1 is 1.20 bits per heavy atom. The van der Waals surface area contributed by atoms with Gasteiger partial charge in [-0.1, -0.05) is 0 Å². The Bertz CT molecular complexity index is 977. The molecule has 0 radical (unpaired) electrons. The number of aromatic nitrogens is 1. The topological polar surface area (TPSA) is 66.0 Å². The van der Waals surface area contributed by atoms with Gasteiger partial charge in [0.1, 0.15) is 12.6 Å². The second kappa shape index (κ2) is 8.55. The maximum absolute atomic E-state index is 13.5. The summed E-state index contributed by atoms with van der Waals surface area (Å²) in [5.74, 6) is -1.69. The molecule has 7 nitrogen and oxygen atoms in total. The van der Waals surface area contributed by atoms with E-state index in [-0.39, 0.29) is 24.2 Å². The van der Waals surface area contributed by atoms with Gasteiger partial charge < -0.3 is 14.5 Å². The summed E-state index contributed by atoms with van der Waals surface area (Å²) < 4.78 is 33.2.